The van der Waals surface area contributed by atoms with Gasteiger partial charge in [-0.3, -0.25) is 4.79 Å². The minimum Gasteiger partial charge on any atom is -0.461 e. The average Bonchev–Trinajstić information content (AvgIpc) is 3.17. The first-order valence-electron chi connectivity index (χ1n) is 7.12. The summed E-state index contributed by atoms with van der Waals surface area (Å²) < 4.78 is 10.3. The molecule has 112 valence electrons. The molecule has 1 aliphatic carbocycles. The van der Waals surface area contributed by atoms with Gasteiger partial charge in [0.15, 0.2) is 11.5 Å². The van der Waals surface area contributed by atoms with Crippen molar-refractivity contribution in [2.45, 2.75) is 37.8 Å². The second-order valence-corrected chi connectivity index (χ2v) is 5.39. The zero-order valence-corrected chi connectivity index (χ0v) is 11.9. The molecule has 21 heavy (non-hydrogen) atoms. The standard InChI is InChI=1S/C15H18N2O4/c1-17(11-5-2-3-6-12(11)18)15(19)10-9-14(21-16-10)13-7-4-8-20-13/h4,7-9,11-12,18H,2-3,5-6H2,1H3. The molecule has 6 heteroatoms. The number of carbonyl (C=O) groups excluding carboxylic acids is 1. The fourth-order valence-electron chi connectivity index (χ4n) is 2.79. The van der Waals surface area contributed by atoms with Crippen molar-refractivity contribution in [2.75, 3.05) is 7.05 Å². The highest BCUT2D eigenvalue weighted by Gasteiger charge is 2.31. The fraction of sp³-hybridized carbons (Fsp3) is 0.467. The van der Waals surface area contributed by atoms with Gasteiger partial charge >= 0.3 is 0 Å². The van der Waals surface area contributed by atoms with Gasteiger partial charge in [-0.1, -0.05) is 18.0 Å². The van der Waals surface area contributed by atoms with Gasteiger partial charge in [0, 0.05) is 13.1 Å². The zero-order chi connectivity index (χ0) is 14.8. The number of aliphatic hydroxyl groups is 1. The molecular weight excluding hydrogens is 272 g/mol. The van der Waals surface area contributed by atoms with E-state index < -0.39 is 6.10 Å². The van der Waals surface area contributed by atoms with Gasteiger partial charge in [-0.2, -0.15) is 0 Å². The molecule has 0 spiro atoms. The quantitative estimate of drug-likeness (QED) is 0.938. The van der Waals surface area contributed by atoms with Crippen LogP contribution in [0.1, 0.15) is 36.2 Å². The molecule has 1 amide bonds. The van der Waals surface area contributed by atoms with Gasteiger partial charge < -0.3 is 18.9 Å². The molecule has 1 aliphatic rings. The summed E-state index contributed by atoms with van der Waals surface area (Å²) in [5.41, 5.74) is 0.224. The maximum absolute atomic E-state index is 12.4. The summed E-state index contributed by atoms with van der Waals surface area (Å²) in [6.07, 6.45) is 4.64. The van der Waals surface area contributed by atoms with Crippen molar-refractivity contribution in [1.29, 1.82) is 0 Å². The maximum atomic E-state index is 12.4. The Morgan fingerprint density at radius 1 is 1.38 bits per heavy atom. The van der Waals surface area contributed by atoms with E-state index in [1.165, 1.54) is 6.26 Å². The lowest BCUT2D eigenvalue weighted by Crippen LogP contribution is -2.46. The topological polar surface area (TPSA) is 79.7 Å². The molecule has 0 bridgehead atoms. The molecule has 2 aromatic heterocycles. The van der Waals surface area contributed by atoms with Crippen LogP contribution in [-0.4, -0.2) is 40.3 Å². The van der Waals surface area contributed by atoms with Crippen molar-refractivity contribution in [2.24, 2.45) is 0 Å². The van der Waals surface area contributed by atoms with Gasteiger partial charge in [0.2, 0.25) is 5.76 Å². The van der Waals surface area contributed by atoms with Crippen LogP contribution in [0.5, 0.6) is 0 Å². The highest BCUT2D eigenvalue weighted by molar-refractivity contribution is 5.93. The lowest BCUT2D eigenvalue weighted by Gasteiger charge is -2.34. The number of nitrogens with zero attached hydrogens (tertiary/aromatic N) is 2. The second-order valence-electron chi connectivity index (χ2n) is 5.39. The molecule has 6 nitrogen and oxygen atoms in total. The molecule has 2 heterocycles. The number of amides is 1. The van der Waals surface area contributed by atoms with E-state index in [9.17, 15) is 9.90 Å². The Morgan fingerprint density at radius 2 is 2.19 bits per heavy atom. The molecule has 1 N–H and O–H groups in total. The molecule has 0 aliphatic heterocycles. The van der Waals surface area contributed by atoms with Crippen molar-refractivity contribution >= 4 is 5.91 Å². The maximum Gasteiger partial charge on any atom is 0.276 e. The Bertz CT molecular complexity index is 605. The Morgan fingerprint density at radius 3 is 2.90 bits per heavy atom. The molecule has 1 fully saturated rings. The van der Waals surface area contributed by atoms with E-state index in [-0.39, 0.29) is 17.6 Å². The van der Waals surface area contributed by atoms with E-state index in [0.29, 0.717) is 11.5 Å². The van der Waals surface area contributed by atoms with E-state index in [0.717, 1.165) is 25.7 Å². The van der Waals surface area contributed by atoms with E-state index in [1.807, 2.05) is 0 Å². The second kappa shape index (κ2) is 5.73. The first-order chi connectivity index (χ1) is 10.2. The number of likely N-dealkylation sites (N-methyl/N-ethyl adjacent to an activating group) is 1. The predicted molar refractivity (Wildman–Crippen MR) is 74.6 cm³/mol. The number of aromatic nitrogens is 1. The number of hydrogen-bond acceptors (Lipinski definition) is 5. The third-order valence-corrected chi connectivity index (χ3v) is 4.01. The first kappa shape index (κ1) is 13.9. The summed E-state index contributed by atoms with van der Waals surface area (Å²) in [7, 11) is 1.70. The number of hydrogen-bond donors (Lipinski definition) is 1. The van der Waals surface area contributed by atoms with Gasteiger partial charge in [0.1, 0.15) is 0 Å². The number of aliphatic hydroxyl groups excluding tert-OH is 1. The van der Waals surface area contributed by atoms with E-state index in [1.54, 1.807) is 30.1 Å². The van der Waals surface area contributed by atoms with Crippen LogP contribution in [-0.2, 0) is 0 Å². The van der Waals surface area contributed by atoms with Crippen LogP contribution in [0.25, 0.3) is 11.5 Å². The Kier molecular flexibility index (Phi) is 3.79. The van der Waals surface area contributed by atoms with Crippen LogP contribution < -0.4 is 0 Å². The third-order valence-electron chi connectivity index (χ3n) is 4.01. The van der Waals surface area contributed by atoms with Crippen molar-refractivity contribution < 1.29 is 18.8 Å². The molecule has 1 saturated carbocycles. The highest BCUT2D eigenvalue weighted by atomic mass is 16.5. The Hall–Kier alpha value is -2.08. The molecule has 2 unspecified atom stereocenters. The summed E-state index contributed by atoms with van der Waals surface area (Å²) in [4.78, 5) is 14.0. The smallest absolute Gasteiger partial charge is 0.276 e. The molecular formula is C15H18N2O4. The van der Waals surface area contributed by atoms with Crippen LogP contribution in [0.4, 0.5) is 0 Å². The van der Waals surface area contributed by atoms with Gasteiger partial charge in [-0.15, -0.1) is 0 Å². The first-order valence-corrected chi connectivity index (χ1v) is 7.12. The van der Waals surface area contributed by atoms with Gasteiger partial charge in [-0.05, 0) is 25.0 Å². The number of carbonyl (C=O) groups is 1. The highest BCUT2D eigenvalue weighted by Crippen LogP contribution is 2.25. The summed E-state index contributed by atoms with van der Waals surface area (Å²) in [6, 6.07) is 4.88. The summed E-state index contributed by atoms with van der Waals surface area (Å²) in [5.74, 6) is 0.699. The molecule has 3 rings (SSSR count). The summed E-state index contributed by atoms with van der Waals surface area (Å²) in [5, 5.41) is 13.8. The largest absolute Gasteiger partial charge is 0.461 e. The molecule has 2 atom stereocenters. The third kappa shape index (κ3) is 2.71. The van der Waals surface area contributed by atoms with Gasteiger partial charge in [-0.25, -0.2) is 0 Å². The molecule has 0 saturated heterocycles. The fourth-order valence-corrected chi connectivity index (χ4v) is 2.79. The number of furan rings is 1. The lowest BCUT2D eigenvalue weighted by molar-refractivity contribution is 0.0262. The minimum atomic E-state index is -0.468. The Balaban J connectivity index is 1.75. The minimum absolute atomic E-state index is 0.157. The molecule has 0 radical (unpaired) electrons. The van der Waals surface area contributed by atoms with Crippen molar-refractivity contribution in [3.8, 4) is 11.5 Å². The van der Waals surface area contributed by atoms with Crippen LogP contribution in [0.15, 0.2) is 33.4 Å². The SMILES string of the molecule is CN(C(=O)c1cc(-c2ccco2)on1)C1CCCCC1O. The monoisotopic (exact) mass is 290 g/mol. The van der Waals surface area contributed by atoms with E-state index in [2.05, 4.69) is 5.16 Å². The number of rotatable bonds is 3. The molecule has 0 aromatic carbocycles. The van der Waals surface area contributed by atoms with Gasteiger partial charge in [0.05, 0.1) is 18.4 Å². The van der Waals surface area contributed by atoms with Crippen molar-refractivity contribution in [3.63, 3.8) is 0 Å². The molecule has 2 aromatic rings. The van der Waals surface area contributed by atoms with E-state index in [4.69, 9.17) is 8.94 Å². The van der Waals surface area contributed by atoms with E-state index >= 15 is 0 Å². The summed E-state index contributed by atoms with van der Waals surface area (Å²) in [6.45, 7) is 0. The lowest BCUT2D eigenvalue weighted by atomic mass is 9.91. The van der Waals surface area contributed by atoms with Crippen LogP contribution in [0.2, 0.25) is 0 Å². The normalized spacial score (nSPS) is 22.2. The van der Waals surface area contributed by atoms with Gasteiger partial charge in [0.25, 0.3) is 5.91 Å². The van der Waals surface area contributed by atoms with Crippen molar-refractivity contribution in [3.05, 3.63) is 30.2 Å². The Labute approximate surface area is 122 Å². The zero-order valence-electron chi connectivity index (χ0n) is 11.9. The average molecular weight is 290 g/mol. The van der Waals surface area contributed by atoms with Crippen LogP contribution in [0.3, 0.4) is 0 Å². The summed E-state index contributed by atoms with van der Waals surface area (Å²) >= 11 is 0. The van der Waals surface area contributed by atoms with Crippen molar-refractivity contribution in [1.82, 2.24) is 10.1 Å². The van der Waals surface area contributed by atoms with Crippen LogP contribution in [0, 0.1) is 0 Å². The van der Waals surface area contributed by atoms with Crippen LogP contribution >= 0.6 is 0 Å². The predicted octanol–water partition coefficient (Wildman–Crippen LogP) is 2.31.